The maximum Gasteiger partial charge on any atom is 0.411 e. The number of carbonyl (C=O) groups excluding carboxylic acids is 6. The highest BCUT2D eigenvalue weighted by Crippen LogP contribution is 2.34. The third kappa shape index (κ3) is 6.09. The lowest BCUT2D eigenvalue weighted by molar-refractivity contribution is -0.132. The van der Waals surface area contributed by atoms with Gasteiger partial charge in [-0.05, 0) is 36.1 Å². The molecule has 1 aromatic heterocycles. The molecule has 12 heteroatoms. The fourth-order valence-electron chi connectivity index (χ4n) is 5.84. The van der Waals surface area contributed by atoms with Crippen LogP contribution in [0.2, 0.25) is 0 Å². The summed E-state index contributed by atoms with van der Waals surface area (Å²) in [7, 11) is 0. The van der Waals surface area contributed by atoms with Crippen LogP contribution in [0.5, 0.6) is 0 Å². The molecule has 2 atom stereocenters. The summed E-state index contributed by atoms with van der Waals surface area (Å²) in [5, 5.41) is 13.0. The van der Waals surface area contributed by atoms with Crippen molar-refractivity contribution in [3.05, 3.63) is 100 Å². The SMILES string of the molecule is O=C1CCC(N2C(=O)c3cccc(NC(=O)OCc4ccc(N=CC5=C(O)CC(c6ccccc6)CC5=O)nc4)c3C2=O)C(=O)C1. The lowest BCUT2D eigenvalue weighted by Gasteiger charge is -2.27. The summed E-state index contributed by atoms with van der Waals surface area (Å²) in [6.45, 7) is -0.174. The highest BCUT2D eigenvalue weighted by Gasteiger charge is 2.45. The van der Waals surface area contributed by atoms with E-state index >= 15 is 0 Å². The summed E-state index contributed by atoms with van der Waals surface area (Å²) in [6.07, 6.45) is 2.29. The number of pyridine rings is 1. The first-order chi connectivity index (χ1) is 22.2. The Labute approximate surface area is 262 Å². The van der Waals surface area contributed by atoms with Gasteiger partial charge in [0.2, 0.25) is 0 Å². The highest BCUT2D eigenvalue weighted by molar-refractivity contribution is 6.26. The molecule has 1 fully saturated rings. The quantitative estimate of drug-likeness (QED) is 0.214. The van der Waals surface area contributed by atoms with Crippen molar-refractivity contribution in [2.45, 2.75) is 50.7 Å². The molecule has 0 spiro atoms. The van der Waals surface area contributed by atoms with Crippen LogP contribution in [0.3, 0.4) is 0 Å². The molecule has 3 amide bonds. The maximum atomic E-state index is 13.2. The molecular formula is C34H28N4O8. The van der Waals surface area contributed by atoms with E-state index in [9.17, 15) is 33.9 Å². The molecule has 3 aliphatic rings. The number of aliphatic hydroxyl groups excluding tert-OH is 1. The van der Waals surface area contributed by atoms with E-state index in [2.05, 4.69) is 15.3 Å². The minimum Gasteiger partial charge on any atom is -0.511 e. The van der Waals surface area contributed by atoms with E-state index in [-0.39, 0.29) is 83.7 Å². The fraction of sp³-hybridized carbons (Fsp3) is 0.235. The molecule has 2 heterocycles. The molecule has 232 valence electrons. The Morgan fingerprint density at radius 3 is 2.52 bits per heavy atom. The molecule has 2 N–H and O–H groups in total. The van der Waals surface area contributed by atoms with Crippen molar-refractivity contribution < 1.29 is 38.6 Å². The first kappa shape index (κ1) is 30.3. The number of anilines is 1. The summed E-state index contributed by atoms with van der Waals surface area (Å²) in [4.78, 5) is 84.9. The van der Waals surface area contributed by atoms with Crippen LogP contribution in [-0.2, 0) is 25.7 Å². The highest BCUT2D eigenvalue weighted by atomic mass is 16.5. The summed E-state index contributed by atoms with van der Waals surface area (Å²) >= 11 is 0. The normalized spacial score (nSPS) is 20.0. The number of carbonyl (C=O) groups is 6. The van der Waals surface area contributed by atoms with Crippen molar-refractivity contribution in [1.29, 1.82) is 0 Å². The minimum absolute atomic E-state index is 0.0216. The molecule has 1 saturated carbocycles. The number of fused-ring (bicyclic) bond motifs is 1. The molecule has 6 rings (SSSR count). The van der Waals surface area contributed by atoms with Gasteiger partial charge >= 0.3 is 6.09 Å². The second-order valence-electron chi connectivity index (χ2n) is 11.2. The molecule has 12 nitrogen and oxygen atoms in total. The third-order valence-electron chi connectivity index (χ3n) is 8.19. The van der Waals surface area contributed by atoms with Gasteiger partial charge in [0, 0.05) is 37.2 Å². The van der Waals surface area contributed by atoms with Crippen LogP contribution in [0.15, 0.2) is 83.2 Å². The minimum atomic E-state index is -1.03. The van der Waals surface area contributed by atoms with Crippen molar-refractivity contribution in [3.8, 4) is 0 Å². The van der Waals surface area contributed by atoms with Gasteiger partial charge in [0.05, 0.1) is 34.9 Å². The van der Waals surface area contributed by atoms with Crippen LogP contribution in [0.1, 0.15) is 69.9 Å². The van der Waals surface area contributed by atoms with E-state index in [4.69, 9.17) is 4.74 Å². The summed E-state index contributed by atoms with van der Waals surface area (Å²) in [5.74, 6) is -2.15. The number of Topliss-reactive ketones (excluding diaryl/α,β-unsaturated/α-hetero) is 3. The predicted octanol–water partition coefficient (Wildman–Crippen LogP) is 4.78. The number of benzene rings is 2. The van der Waals surface area contributed by atoms with Crippen LogP contribution in [0.25, 0.3) is 0 Å². The van der Waals surface area contributed by atoms with E-state index in [0.717, 1.165) is 10.5 Å². The fourth-order valence-corrected chi connectivity index (χ4v) is 5.84. The number of rotatable bonds is 7. The van der Waals surface area contributed by atoms with Crippen LogP contribution in [-0.4, -0.2) is 62.5 Å². The van der Waals surface area contributed by atoms with Crippen molar-refractivity contribution in [2.75, 3.05) is 5.32 Å². The first-order valence-corrected chi connectivity index (χ1v) is 14.7. The summed E-state index contributed by atoms with van der Waals surface area (Å²) in [6, 6.07) is 16.1. The molecule has 46 heavy (non-hydrogen) atoms. The molecule has 2 aromatic carbocycles. The molecule has 3 aromatic rings. The maximum absolute atomic E-state index is 13.2. The van der Waals surface area contributed by atoms with Gasteiger partial charge in [-0.3, -0.25) is 34.2 Å². The Morgan fingerprint density at radius 1 is 1.00 bits per heavy atom. The van der Waals surface area contributed by atoms with Crippen LogP contribution < -0.4 is 5.32 Å². The van der Waals surface area contributed by atoms with Crippen molar-refractivity contribution in [3.63, 3.8) is 0 Å². The largest absolute Gasteiger partial charge is 0.511 e. The van der Waals surface area contributed by atoms with Crippen LogP contribution in [0.4, 0.5) is 16.3 Å². The third-order valence-corrected chi connectivity index (χ3v) is 8.19. The van der Waals surface area contributed by atoms with E-state index in [0.29, 0.717) is 12.0 Å². The number of ether oxygens (including phenoxy) is 1. The number of aromatic nitrogens is 1. The second-order valence-corrected chi connectivity index (χ2v) is 11.2. The number of imide groups is 1. The Bertz CT molecular complexity index is 1830. The Morgan fingerprint density at radius 2 is 1.80 bits per heavy atom. The predicted molar refractivity (Wildman–Crippen MR) is 164 cm³/mol. The Kier molecular flexibility index (Phi) is 8.34. The van der Waals surface area contributed by atoms with E-state index in [1.807, 2.05) is 30.3 Å². The zero-order valence-corrected chi connectivity index (χ0v) is 24.5. The van der Waals surface area contributed by atoms with Crippen LogP contribution in [0, 0.1) is 0 Å². The van der Waals surface area contributed by atoms with Gasteiger partial charge in [0.1, 0.15) is 18.1 Å². The monoisotopic (exact) mass is 620 g/mol. The Hall–Kier alpha value is -5.78. The van der Waals surface area contributed by atoms with Gasteiger partial charge in [-0.25, -0.2) is 14.8 Å². The van der Waals surface area contributed by atoms with E-state index in [1.54, 1.807) is 12.1 Å². The standard InChI is InChI=1S/C34H28N4O8/c39-22-10-11-26(29(42)15-22)38-32(43)23-7-4-8-25(31(23)33(38)44)37-34(45)46-18-19-9-12-30(35-16-19)36-17-24-27(40)13-21(14-28(24)41)20-5-2-1-3-6-20/h1-9,12,16-17,21,26,40H,10-11,13-15,18H2,(H,37,45). The molecular weight excluding hydrogens is 592 g/mol. The number of allylic oxidation sites excluding steroid dienone is 2. The van der Waals surface area contributed by atoms with Gasteiger partial charge in [-0.1, -0.05) is 42.5 Å². The zero-order valence-electron chi connectivity index (χ0n) is 24.5. The van der Waals surface area contributed by atoms with Crippen molar-refractivity contribution in [1.82, 2.24) is 9.88 Å². The van der Waals surface area contributed by atoms with Gasteiger partial charge in [0.25, 0.3) is 11.8 Å². The number of hydrogen-bond donors (Lipinski definition) is 2. The second kappa shape index (κ2) is 12.7. The van der Waals surface area contributed by atoms with E-state index < -0.39 is 29.7 Å². The van der Waals surface area contributed by atoms with Gasteiger partial charge in [-0.15, -0.1) is 0 Å². The molecule has 1 aliphatic heterocycles. The Balaban J connectivity index is 1.05. The number of nitrogens with zero attached hydrogens (tertiary/aromatic N) is 3. The van der Waals surface area contributed by atoms with Crippen molar-refractivity contribution in [2.24, 2.45) is 4.99 Å². The average Bonchev–Trinajstić information content (AvgIpc) is 3.30. The molecule has 2 aliphatic carbocycles. The molecule has 0 bridgehead atoms. The van der Waals surface area contributed by atoms with Gasteiger partial charge in [0.15, 0.2) is 17.4 Å². The number of aliphatic hydroxyl groups is 1. The molecule has 2 unspecified atom stereocenters. The molecule has 0 radical (unpaired) electrons. The number of aliphatic imine (C=N–C) groups is 1. The summed E-state index contributed by atoms with van der Waals surface area (Å²) in [5.41, 5.74) is 1.71. The van der Waals surface area contributed by atoms with Gasteiger partial charge in [-0.2, -0.15) is 0 Å². The summed E-state index contributed by atoms with van der Waals surface area (Å²) < 4.78 is 5.28. The number of nitrogens with one attached hydrogen (secondary N) is 1. The lowest BCUT2D eigenvalue weighted by Crippen LogP contribution is -2.47. The number of amides is 3. The lowest BCUT2D eigenvalue weighted by atomic mass is 9.83. The zero-order chi connectivity index (χ0) is 32.4. The number of ketones is 3. The smallest absolute Gasteiger partial charge is 0.411 e. The average molecular weight is 621 g/mol. The molecule has 0 saturated heterocycles. The van der Waals surface area contributed by atoms with Crippen LogP contribution >= 0.6 is 0 Å². The topological polar surface area (TPSA) is 172 Å². The van der Waals surface area contributed by atoms with E-state index in [1.165, 1.54) is 30.6 Å². The first-order valence-electron chi connectivity index (χ1n) is 14.7. The number of hydrogen-bond acceptors (Lipinski definition) is 10. The van der Waals surface area contributed by atoms with Crippen molar-refractivity contribution >= 4 is 53.0 Å². The van der Waals surface area contributed by atoms with Gasteiger partial charge < -0.3 is 9.84 Å².